The number of nitrogens with zero attached hydrogens (tertiary/aromatic N) is 2. The van der Waals surface area contributed by atoms with Gasteiger partial charge in [0.05, 0.1) is 23.3 Å². The molecule has 0 spiro atoms. The molecule has 1 aliphatic rings. The van der Waals surface area contributed by atoms with Crippen molar-refractivity contribution in [1.82, 2.24) is 9.59 Å². The van der Waals surface area contributed by atoms with Gasteiger partial charge in [-0.25, -0.2) is 0 Å². The Morgan fingerprint density at radius 2 is 2.24 bits per heavy atom. The first-order chi connectivity index (χ1) is 10.1. The fraction of sp³-hybridized carbons (Fsp3) is 0.500. The maximum Gasteiger partial charge on any atom is 0.122 e. The van der Waals surface area contributed by atoms with Crippen LogP contribution in [0.25, 0.3) is 0 Å². The van der Waals surface area contributed by atoms with Crippen LogP contribution in [0.2, 0.25) is 0 Å². The molecular weight excluding hydrogens is 284 g/mol. The molecule has 21 heavy (non-hydrogen) atoms. The van der Waals surface area contributed by atoms with E-state index in [0.29, 0.717) is 12.3 Å². The summed E-state index contributed by atoms with van der Waals surface area (Å²) in [4.78, 5) is 0.912. The largest absolute Gasteiger partial charge is 0.493 e. The molecule has 0 bridgehead atoms. The van der Waals surface area contributed by atoms with Gasteiger partial charge in [-0.05, 0) is 47.5 Å². The smallest absolute Gasteiger partial charge is 0.122 e. The maximum absolute atomic E-state index is 10.4. The Morgan fingerprint density at radius 1 is 1.38 bits per heavy atom. The molecule has 1 aromatic heterocycles. The average Bonchev–Trinajstić information content (AvgIpc) is 3.12. The normalized spacial score (nSPS) is 15.0. The van der Waals surface area contributed by atoms with Crippen molar-refractivity contribution in [3.8, 4) is 5.75 Å². The lowest BCUT2D eigenvalue weighted by Gasteiger charge is -2.11. The number of aryl methyl sites for hydroxylation is 1. The van der Waals surface area contributed by atoms with E-state index in [2.05, 4.69) is 35.6 Å². The molecule has 0 fully saturated rings. The van der Waals surface area contributed by atoms with Gasteiger partial charge >= 0.3 is 0 Å². The molecule has 0 saturated carbocycles. The van der Waals surface area contributed by atoms with Crippen molar-refractivity contribution in [3.05, 3.63) is 39.9 Å². The van der Waals surface area contributed by atoms with E-state index in [4.69, 9.17) is 4.74 Å². The van der Waals surface area contributed by atoms with Crippen LogP contribution in [0.3, 0.4) is 0 Å². The van der Waals surface area contributed by atoms with Crippen molar-refractivity contribution in [3.63, 3.8) is 0 Å². The van der Waals surface area contributed by atoms with Crippen molar-refractivity contribution in [1.29, 1.82) is 0 Å². The van der Waals surface area contributed by atoms with Crippen LogP contribution < -0.4 is 4.74 Å². The number of hydrogen-bond acceptors (Lipinski definition) is 5. The van der Waals surface area contributed by atoms with E-state index in [1.807, 2.05) is 6.07 Å². The molecular formula is C16H20N2O2S. The van der Waals surface area contributed by atoms with E-state index in [9.17, 15) is 5.11 Å². The number of fused-ring (bicyclic) bond motifs is 1. The molecule has 1 N–H and O–H groups in total. The molecule has 0 radical (unpaired) electrons. The summed E-state index contributed by atoms with van der Waals surface area (Å²) in [7, 11) is 0. The maximum atomic E-state index is 10.4. The van der Waals surface area contributed by atoms with Gasteiger partial charge in [0, 0.05) is 6.42 Å². The van der Waals surface area contributed by atoms with E-state index in [1.165, 1.54) is 22.7 Å². The predicted molar refractivity (Wildman–Crippen MR) is 82.9 cm³/mol. The zero-order valence-corrected chi connectivity index (χ0v) is 13.2. The van der Waals surface area contributed by atoms with E-state index >= 15 is 0 Å². The quantitative estimate of drug-likeness (QED) is 0.921. The summed E-state index contributed by atoms with van der Waals surface area (Å²) in [6, 6.07) is 6.33. The number of hydrogen-bond donors (Lipinski definition) is 1. The topological polar surface area (TPSA) is 55.2 Å². The van der Waals surface area contributed by atoms with E-state index < -0.39 is 6.10 Å². The molecule has 5 heteroatoms. The zero-order valence-electron chi connectivity index (χ0n) is 12.4. The van der Waals surface area contributed by atoms with Crippen LogP contribution in [0.5, 0.6) is 5.75 Å². The van der Waals surface area contributed by atoms with Gasteiger partial charge < -0.3 is 9.84 Å². The highest BCUT2D eigenvalue weighted by atomic mass is 32.1. The lowest BCUT2D eigenvalue weighted by atomic mass is 10.0. The first-order valence-corrected chi connectivity index (χ1v) is 8.17. The van der Waals surface area contributed by atoms with Gasteiger partial charge in [-0.3, -0.25) is 0 Å². The van der Waals surface area contributed by atoms with Gasteiger partial charge in [0.1, 0.15) is 5.75 Å². The van der Waals surface area contributed by atoms with Crippen LogP contribution in [0.4, 0.5) is 0 Å². The van der Waals surface area contributed by atoms with E-state index in [-0.39, 0.29) is 0 Å². The summed E-state index contributed by atoms with van der Waals surface area (Å²) in [5.41, 5.74) is 3.46. The highest BCUT2D eigenvalue weighted by Gasteiger charge is 2.19. The predicted octanol–water partition coefficient (Wildman–Crippen LogP) is 3.26. The van der Waals surface area contributed by atoms with Crippen LogP contribution in [-0.2, 0) is 12.8 Å². The highest BCUT2D eigenvalue weighted by Crippen LogP contribution is 2.30. The molecule has 1 atom stereocenters. The van der Waals surface area contributed by atoms with Crippen molar-refractivity contribution in [2.75, 3.05) is 6.61 Å². The number of rotatable bonds is 5. The summed E-state index contributed by atoms with van der Waals surface area (Å²) in [5, 5.41) is 14.5. The van der Waals surface area contributed by atoms with Gasteiger partial charge in [0.25, 0.3) is 0 Å². The fourth-order valence-corrected chi connectivity index (χ4v) is 3.49. The SMILES string of the molecule is CC(C)c1nnsc1C(O)CCc1ccc2c(c1)CCO2. The first kappa shape index (κ1) is 14.5. The number of benzene rings is 1. The molecule has 112 valence electrons. The molecule has 1 aliphatic heterocycles. The van der Waals surface area contributed by atoms with Gasteiger partial charge in [-0.2, -0.15) is 0 Å². The van der Waals surface area contributed by atoms with Crippen LogP contribution in [0.1, 0.15) is 54.0 Å². The first-order valence-electron chi connectivity index (χ1n) is 7.40. The van der Waals surface area contributed by atoms with Crippen LogP contribution in [0, 0.1) is 0 Å². The van der Waals surface area contributed by atoms with Crippen molar-refractivity contribution in [2.24, 2.45) is 0 Å². The monoisotopic (exact) mass is 304 g/mol. The minimum Gasteiger partial charge on any atom is -0.493 e. The van der Waals surface area contributed by atoms with E-state index in [1.54, 1.807) is 0 Å². The zero-order chi connectivity index (χ0) is 14.8. The molecule has 0 saturated heterocycles. The Balaban J connectivity index is 1.65. The number of aliphatic hydroxyl groups is 1. The Kier molecular flexibility index (Phi) is 4.22. The molecule has 2 aromatic rings. The third kappa shape index (κ3) is 3.09. The molecule has 0 aliphatic carbocycles. The Bertz CT molecular complexity index is 624. The molecule has 1 aromatic carbocycles. The Hall–Kier alpha value is -1.46. The van der Waals surface area contributed by atoms with Crippen LogP contribution in [0.15, 0.2) is 18.2 Å². The minimum atomic E-state index is -0.480. The second kappa shape index (κ2) is 6.12. The second-order valence-corrected chi connectivity index (χ2v) is 6.56. The summed E-state index contributed by atoms with van der Waals surface area (Å²) in [6.07, 6.45) is 2.06. The Labute approximate surface area is 128 Å². The summed E-state index contributed by atoms with van der Waals surface area (Å²) < 4.78 is 9.50. The minimum absolute atomic E-state index is 0.297. The highest BCUT2D eigenvalue weighted by molar-refractivity contribution is 7.05. The van der Waals surface area contributed by atoms with Crippen molar-refractivity contribution in [2.45, 2.75) is 45.1 Å². The molecule has 2 heterocycles. The average molecular weight is 304 g/mol. The van der Waals surface area contributed by atoms with Crippen molar-refractivity contribution < 1.29 is 9.84 Å². The van der Waals surface area contributed by atoms with Crippen LogP contribution >= 0.6 is 11.5 Å². The fourth-order valence-electron chi connectivity index (χ4n) is 2.67. The third-order valence-corrected chi connectivity index (χ3v) is 4.69. The standard InChI is InChI=1S/C16H20N2O2S/c1-10(2)15-16(21-18-17-15)13(19)5-3-11-4-6-14-12(9-11)7-8-20-14/h4,6,9-10,13,19H,3,5,7-8H2,1-2H3. The van der Waals surface area contributed by atoms with E-state index in [0.717, 1.165) is 35.8 Å². The van der Waals surface area contributed by atoms with Crippen LogP contribution in [-0.4, -0.2) is 21.3 Å². The molecule has 4 nitrogen and oxygen atoms in total. The van der Waals surface area contributed by atoms with Gasteiger partial charge in [-0.1, -0.05) is 30.5 Å². The van der Waals surface area contributed by atoms with Gasteiger partial charge in [0.15, 0.2) is 0 Å². The van der Waals surface area contributed by atoms with Crippen molar-refractivity contribution >= 4 is 11.5 Å². The lowest BCUT2D eigenvalue weighted by molar-refractivity contribution is 0.170. The summed E-state index contributed by atoms with van der Waals surface area (Å²) in [5.74, 6) is 1.30. The second-order valence-electron chi connectivity index (χ2n) is 5.77. The number of aliphatic hydroxyl groups excluding tert-OH is 1. The van der Waals surface area contributed by atoms with Gasteiger partial charge in [-0.15, -0.1) is 5.10 Å². The molecule has 1 unspecified atom stereocenters. The van der Waals surface area contributed by atoms with Gasteiger partial charge in [0.2, 0.25) is 0 Å². The Morgan fingerprint density at radius 3 is 3.05 bits per heavy atom. The summed E-state index contributed by atoms with van der Waals surface area (Å²) >= 11 is 1.31. The third-order valence-electron chi connectivity index (χ3n) is 3.85. The molecule has 0 amide bonds. The molecule has 3 rings (SSSR count). The number of aromatic nitrogens is 2. The summed E-state index contributed by atoms with van der Waals surface area (Å²) in [6.45, 7) is 4.94. The lowest BCUT2D eigenvalue weighted by Crippen LogP contribution is -2.02. The number of ether oxygens (including phenoxy) is 1.